The summed E-state index contributed by atoms with van der Waals surface area (Å²) in [7, 11) is 6.62. The SMILES string of the molecule is COc1cccc(OC[C@H]2C3CCC(C3)N2Cc2cc(OC)c(OC)c(OC)c2)c1. The Bertz CT molecular complexity index is 845. The molecule has 1 aliphatic heterocycles. The molecule has 4 rings (SSSR count). The quantitative estimate of drug-likeness (QED) is 0.616. The molecule has 0 aromatic heterocycles. The van der Waals surface area contributed by atoms with Crippen LogP contribution in [0.1, 0.15) is 24.8 Å². The molecule has 162 valence electrons. The van der Waals surface area contributed by atoms with Gasteiger partial charge in [-0.25, -0.2) is 0 Å². The predicted octanol–water partition coefficient (Wildman–Crippen LogP) is 4.15. The number of ether oxygens (including phenoxy) is 5. The highest BCUT2D eigenvalue weighted by Gasteiger charge is 2.46. The number of likely N-dealkylation sites (tertiary alicyclic amines) is 1. The lowest BCUT2D eigenvalue weighted by Gasteiger charge is -2.35. The van der Waals surface area contributed by atoms with Gasteiger partial charge >= 0.3 is 0 Å². The minimum absolute atomic E-state index is 0.397. The first-order chi connectivity index (χ1) is 14.7. The van der Waals surface area contributed by atoms with E-state index in [0.717, 1.165) is 23.6 Å². The molecule has 1 saturated heterocycles. The fourth-order valence-corrected chi connectivity index (χ4v) is 4.97. The highest BCUT2D eigenvalue weighted by atomic mass is 16.5. The third-order valence-corrected chi connectivity index (χ3v) is 6.44. The van der Waals surface area contributed by atoms with Gasteiger partial charge in [-0.15, -0.1) is 0 Å². The summed E-state index contributed by atoms with van der Waals surface area (Å²) in [5.74, 6) is 4.37. The number of hydrogen-bond acceptors (Lipinski definition) is 6. The third-order valence-electron chi connectivity index (χ3n) is 6.44. The molecule has 2 aliphatic rings. The van der Waals surface area contributed by atoms with Crippen LogP contribution in [-0.4, -0.2) is 52.0 Å². The number of benzene rings is 2. The maximum Gasteiger partial charge on any atom is 0.203 e. The van der Waals surface area contributed by atoms with Gasteiger partial charge in [0, 0.05) is 24.7 Å². The predicted molar refractivity (Wildman–Crippen MR) is 115 cm³/mol. The van der Waals surface area contributed by atoms with E-state index in [4.69, 9.17) is 23.7 Å². The Labute approximate surface area is 178 Å². The first-order valence-corrected chi connectivity index (χ1v) is 10.5. The zero-order valence-electron chi connectivity index (χ0n) is 18.2. The molecule has 3 atom stereocenters. The number of hydrogen-bond donors (Lipinski definition) is 0. The number of fused-ring (bicyclic) bond motifs is 2. The zero-order valence-corrected chi connectivity index (χ0v) is 18.2. The Kier molecular flexibility index (Phi) is 6.23. The van der Waals surface area contributed by atoms with E-state index in [2.05, 4.69) is 4.90 Å². The molecule has 6 nitrogen and oxygen atoms in total. The van der Waals surface area contributed by atoms with E-state index in [9.17, 15) is 0 Å². The minimum Gasteiger partial charge on any atom is -0.497 e. The number of rotatable bonds is 9. The third kappa shape index (κ3) is 4.01. The summed E-state index contributed by atoms with van der Waals surface area (Å²) in [5.41, 5.74) is 1.16. The summed E-state index contributed by atoms with van der Waals surface area (Å²) in [4.78, 5) is 2.59. The fraction of sp³-hybridized carbons (Fsp3) is 0.500. The molecule has 1 saturated carbocycles. The largest absolute Gasteiger partial charge is 0.497 e. The molecule has 2 aromatic carbocycles. The topological polar surface area (TPSA) is 49.4 Å². The van der Waals surface area contributed by atoms with E-state index >= 15 is 0 Å². The summed E-state index contributed by atoms with van der Waals surface area (Å²) < 4.78 is 28.0. The van der Waals surface area contributed by atoms with Crippen LogP contribution in [0.5, 0.6) is 28.7 Å². The van der Waals surface area contributed by atoms with Crippen molar-refractivity contribution >= 4 is 0 Å². The van der Waals surface area contributed by atoms with Crippen LogP contribution in [0.3, 0.4) is 0 Å². The van der Waals surface area contributed by atoms with Gasteiger partial charge in [-0.3, -0.25) is 4.90 Å². The van der Waals surface area contributed by atoms with Crippen LogP contribution in [0.15, 0.2) is 36.4 Å². The van der Waals surface area contributed by atoms with Crippen LogP contribution in [0.2, 0.25) is 0 Å². The fourth-order valence-electron chi connectivity index (χ4n) is 4.97. The van der Waals surface area contributed by atoms with Crippen molar-refractivity contribution in [3.05, 3.63) is 42.0 Å². The first kappa shape index (κ1) is 20.7. The lowest BCUT2D eigenvalue weighted by Crippen LogP contribution is -2.43. The van der Waals surface area contributed by atoms with Crippen LogP contribution in [0.4, 0.5) is 0 Å². The second-order valence-electron chi connectivity index (χ2n) is 7.99. The number of piperidine rings is 1. The maximum atomic E-state index is 6.19. The molecular formula is C24H31NO5. The maximum absolute atomic E-state index is 6.19. The molecule has 2 aromatic rings. The van der Waals surface area contributed by atoms with Crippen LogP contribution in [0, 0.1) is 5.92 Å². The second-order valence-corrected chi connectivity index (χ2v) is 7.99. The van der Waals surface area contributed by atoms with E-state index in [1.165, 1.54) is 19.3 Å². The minimum atomic E-state index is 0.397. The Morgan fingerprint density at radius 3 is 2.27 bits per heavy atom. The van der Waals surface area contributed by atoms with E-state index in [0.29, 0.717) is 41.9 Å². The van der Waals surface area contributed by atoms with Gasteiger partial charge < -0.3 is 23.7 Å². The van der Waals surface area contributed by atoms with Crippen molar-refractivity contribution in [1.82, 2.24) is 4.90 Å². The second kappa shape index (κ2) is 9.04. The Balaban J connectivity index is 1.51. The van der Waals surface area contributed by atoms with Gasteiger partial charge in [0.25, 0.3) is 0 Å². The van der Waals surface area contributed by atoms with Gasteiger partial charge in [-0.1, -0.05) is 6.07 Å². The lowest BCUT2D eigenvalue weighted by molar-refractivity contribution is 0.0865. The first-order valence-electron chi connectivity index (χ1n) is 10.5. The van der Waals surface area contributed by atoms with Crippen molar-refractivity contribution in [2.75, 3.05) is 35.0 Å². The van der Waals surface area contributed by atoms with Crippen molar-refractivity contribution in [1.29, 1.82) is 0 Å². The van der Waals surface area contributed by atoms with Crippen LogP contribution in [-0.2, 0) is 6.54 Å². The van der Waals surface area contributed by atoms with Gasteiger partial charge in [0.1, 0.15) is 18.1 Å². The van der Waals surface area contributed by atoms with E-state index < -0.39 is 0 Å². The summed E-state index contributed by atoms with van der Waals surface area (Å²) in [6.07, 6.45) is 3.78. The molecule has 0 amide bonds. The Morgan fingerprint density at radius 2 is 1.60 bits per heavy atom. The molecule has 0 N–H and O–H groups in total. The molecule has 0 radical (unpaired) electrons. The monoisotopic (exact) mass is 413 g/mol. The highest BCUT2D eigenvalue weighted by molar-refractivity contribution is 5.53. The van der Waals surface area contributed by atoms with E-state index in [1.807, 2.05) is 36.4 Å². The molecule has 1 aliphatic carbocycles. The molecule has 2 bridgehead atoms. The van der Waals surface area contributed by atoms with Crippen LogP contribution < -0.4 is 23.7 Å². The van der Waals surface area contributed by atoms with Crippen molar-refractivity contribution in [3.63, 3.8) is 0 Å². The standard InChI is InChI=1S/C24H31NO5/c1-26-19-6-5-7-20(13-19)30-15-21-17-8-9-18(12-17)25(21)14-16-10-22(27-2)24(29-4)23(11-16)28-3/h5-7,10-11,13,17-18,21H,8-9,12,14-15H2,1-4H3/t17?,18?,21-/m0/s1. The van der Waals surface area contributed by atoms with Gasteiger partial charge in [0.2, 0.25) is 5.75 Å². The van der Waals surface area contributed by atoms with Crippen molar-refractivity contribution in [2.24, 2.45) is 5.92 Å². The Hall–Kier alpha value is -2.60. The number of nitrogens with zero attached hydrogens (tertiary/aromatic N) is 1. The van der Waals surface area contributed by atoms with Crippen molar-refractivity contribution in [3.8, 4) is 28.7 Å². The van der Waals surface area contributed by atoms with Crippen molar-refractivity contribution in [2.45, 2.75) is 37.9 Å². The van der Waals surface area contributed by atoms with Gasteiger partial charge in [-0.05, 0) is 55.0 Å². The number of methoxy groups -OCH3 is 4. The van der Waals surface area contributed by atoms with Gasteiger partial charge in [-0.2, -0.15) is 0 Å². The molecule has 2 unspecified atom stereocenters. The Morgan fingerprint density at radius 1 is 0.867 bits per heavy atom. The smallest absolute Gasteiger partial charge is 0.203 e. The summed E-state index contributed by atoms with van der Waals surface area (Å²) in [6.45, 7) is 1.52. The van der Waals surface area contributed by atoms with Crippen LogP contribution >= 0.6 is 0 Å². The molecule has 2 fully saturated rings. The van der Waals surface area contributed by atoms with Crippen molar-refractivity contribution < 1.29 is 23.7 Å². The normalized spacial score (nSPS) is 22.7. The molecule has 30 heavy (non-hydrogen) atoms. The average molecular weight is 414 g/mol. The molecule has 6 heteroatoms. The molecule has 1 heterocycles. The van der Waals surface area contributed by atoms with E-state index in [-0.39, 0.29) is 0 Å². The zero-order chi connectivity index (χ0) is 21.1. The summed E-state index contributed by atoms with van der Waals surface area (Å²) in [6, 6.07) is 12.9. The van der Waals surface area contributed by atoms with Gasteiger partial charge in [0.05, 0.1) is 28.4 Å². The highest BCUT2D eigenvalue weighted by Crippen LogP contribution is 2.45. The van der Waals surface area contributed by atoms with E-state index in [1.54, 1.807) is 28.4 Å². The molecule has 0 spiro atoms. The summed E-state index contributed by atoms with van der Waals surface area (Å²) >= 11 is 0. The molecular weight excluding hydrogens is 382 g/mol. The van der Waals surface area contributed by atoms with Gasteiger partial charge in [0.15, 0.2) is 11.5 Å². The van der Waals surface area contributed by atoms with Crippen LogP contribution in [0.25, 0.3) is 0 Å². The average Bonchev–Trinajstić information content (AvgIpc) is 3.39. The summed E-state index contributed by atoms with van der Waals surface area (Å²) in [5, 5.41) is 0. The lowest BCUT2D eigenvalue weighted by atomic mass is 9.98.